The molecule has 22 heavy (non-hydrogen) atoms. The van der Waals surface area contributed by atoms with Crippen molar-refractivity contribution in [3.8, 4) is 0 Å². The molecule has 1 aliphatic rings. The zero-order valence-electron chi connectivity index (χ0n) is 11.9. The number of aliphatic hydroxyl groups excluding tert-OH is 1. The summed E-state index contributed by atoms with van der Waals surface area (Å²) in [4.78, 5) is 24.7. The summed E-state index contributed by atoms with van der Waals surface area (Å²) in [6.45, 7) is 1.60. The Morgan fingerprint density at radius 2 is 1.77 bits per heavy atom. The highest BCUT2D eigenvalue weighted by Gasteiger charge is 2.36. The van der Waals surface area contributed by atoms with Crippen LogP contribution in [0, 0.1) is 0 Å². The highest BCUT2D eigenvalue weighted by molar-refractivity contribution is 6.10. The number of hydrogen-bond donors (Lipinski definition) is 2. The van der Waals surface area contributed by atoms with Gasteiger partial charge in [0.1, 0.15) is 0 Å². The highest BCUT2D eigenvalue weighted by atomic mass is 16.4. The van der Waals surface area contributed by atoms with Crippen molar-refractivity contribution < 1.29 is 19.8 Å². The first-order valence-electron chi connectivity index (χ1n) is 6.94. The van der Waals surface area contributed by atoms with Crippen LogP contribution in [0.3, 0.4) is 0 Å². The molecule has 2 aromatic rings. The zero-order valence-corrected chi connectivity index (χ0v) is 11.9. The lowest BCUT2D eigenvalue weighted by molar-refractivity contribution is -0.138. The topological polar surface area (TPSA) is 77.8 Å². The predicted molar refractivity (Wildman–Crippen MR) is 80.7 cm³/mol. The van der Waals surface area contributed by atoms with E-state index >= 15 is 0 Å². The molecule has 2 aromatic carbocycles. The first-order valence-corrected chi connectivity index (χ1v) is 6.94. The standard InChI is InChI=1S/C17H15NO4/c1-10(17(21)22)11-6-8-12(9-7-11)18-15(19)13-4-2-3-5-14(13)16(18)20/h2-10,15,19H,1H3,(H,21,22). The van der Waals surface area contributed by atoms with Gasteiger partial charge in [0, 0.05) is 16.8 Å². The molecule has 3 rings (SSSR count). The van der Waals surface area contributed by atoms with E-state index in [4.69, 9.17) is 5.11 Å². The van der Waals surface area contributed by atoms with Crippen molar-refractivity contribution in [2.24, 2.45) is 0 Å². The second kappa shape index (κ2) is 5.27. The zero-order chi connectivity index (χ0) is 15.9. The number of nitrogens with zero attached hydrogens (tertiary/aromatic N) is 1. The third-order valence-electron chi connectivity index (χ3n) is 3.97. The normalized spacial score (nSPS) is 18.2. The molecule has 1 amide bonds. The number of carbonyl (C=O) groups excluding carboxylic acids is 1. The monoisotopic (exact) mass is 297 g/mol. The van der Waals surface area contributed by atoms with Crippen LogP contribution in [0.15, 0.2) is 48.5 Å². The van der Waals surface area contributed by atoms with Gasteiger partial charge in [-0.2, -0.15) is 0 Å². The molecule has 1 aliphatic heterocycles. The summed E-state index contributed by atoms with van der Waals surface area (Å²) in [7, 11) is 0. The van der Waals surface area contributed by atoms with Crippen molar-refractivity contribution in [2.75, 3.05) is 4.90 Å². The van der Waals surface area contributed by atoms with E-state index < -0.39 is 18.1 Å². The second-order valence-corrected chi connectivity index (χ2v) is 5.29. The van der Waals surface area contributed by atoms with Crippen LogP contribution in [0.25, 0.3) is 0 Å². The minimum absolute atomic E-state index is 0.262. The Kier molecular flexibility index (Phi) is 3.42. The summed E-state index contributed by atoms with van der Waals surface area (Å²) in [5, 5.41) is 19.4. The Labute approximate surface area is 127 Å². The summed E-state index contributed by atoms with van der Waals surface area (Å²) in [5.74, 6) is -1.79. The Hall–Kier alpha value is -2.66. The van der Waals surface area contributed by atoms with Crippen LogP contribution >= 0.6 is 0 Å². The quantitative estimate of drug-likeness (QED) is 0.912. The van der Waals surface area contributed by atoms with Crippen molar-refractivity contribution >= 4 is 17.6 Å². The molecule has 2 unspecified atom stereocenters. The molecular weight excluding hydrogens is 282 g/mol. The first-order chi connectivity index (χ1) is 10.5. The molecule has 0 saturated heterocycles. The summed E-state index contributed by atoms with van der Waals surface area (Å²) in [6.07, 6.45) is -1.02. The van der Waals surface area contributed by atoms with Gasteiger partial charge in [-0.1, -0.05) is 30.3 Å². The Bertz CT molecular complexity index is 739. The van der Waals surface area contributed by atoms with Crippen LogP contribution in [0.1, 0.15) is 40.6 Å². The number of rotatable bonds is 3. The number of aliphatic carboxylic acids is 1. The molecule has 0 radical (unpaired) electrons. The Morgan fingerprint density at radius 1 is 1.14 bits per heavy atom. The van der Waals surface area contributed by atoms with Gasteiger partial charge in [0.25, 0.3) is 5.91 Å². The van der Waals surface area contributed by atoms with Crippen molar-refractivity contribution in [1.82, 2.24) is 0 Å². The van der Waals surface area contributed by atoms with Gasteiger partial charge < -0.3 is 10.2 Å². The van der Waals surface area contributed by atoms with E-state index in [2.05, 4.69) is 0 Å². The SMILES string of the molecule is CC(C(=O)O)c1ccc(N2C(=O)c3ccccc3C2O)cc1. The molecule has 0 aromatic heterocycles. The van der Waals surface area contributed by atoms with Crippen LogP contribution < -0.4 is 4.90 Å². The number of amides is 1. The average molecular weight is 297 g/mol. The lowest BCUT2D eigenvalue weighted by Crippen LogP contribution is -2.27. The number of carbonyl (C=O) groups is 2. The largest absolute Gasteiger partial charge is 0.481 e. The van der Waals surface area contributed by atoms with E-state index in [1.165, 1.54) is 4.90 Å². The first kappa shape index (κ1) is 14.3. The van der Waals surface area contributed by atoms with Crippen LogP contribution in [0.5, 0.6) is 0 Å². The van der Waals surface area contributed by atoms with Crippen molar-refractivity contribution in [1.29, 1.82) is 0 Å². The van der Waals surface area contributed by atoms with Crippen molar-refractivity contribution in [3.63, 3.8) is 0 Å². The van der Waals surface area contributed by atoms with E-state index in [0.29, 0.717) is 22.4 Å². The van der Waals surface area contributed by atoms with Gasteiger partial charge in [0.2, 0.25) is 0 Å². The van der Waals surface area contributed by atoms with E-state index in [-0.39, 0.29) is 5.91 Å². The third-order valence-corrected chi connectivity index (χ3v) is 3.97. The number of aliphatic hydroxyl groups is 1. The maximum absolute atomic E-state index is 12.4. The van der Waals surface area contributed by atoms with Gasteiger partial charge in [0.15, 0.2) is 6.23 Å². The number of carboxylic acids is 1. The highest BCUT2D eigenvalue weighted by Crippen LogP contribution is 2.36. The summed E-state index contributed by atoms with van der Waals surface area (Å²) < 4.78 is 0. The third kappa shape index (κ3) is 2.16. The van der Waals surface area contributed by atoms with Crippen LogP contribution in [-0.4, -0.2) is 22.1 Å². The Balaban J connectivity index is 1.93. The summed E-state index contributed by atoms with van der Waals surface area (Å²) >= 11 is 0. The number of anilines is 1. The van der Waals surface area contributed by atoms with Gasteiger partial charge in [-0.05, 0) is 30.7 Å². The van der Waals surface area contributed by atoms with E-state index in [9.17, 15) is 14.7 Å². The second-order valence-electron chi connectivity index (χ2n) is 5.29. The number of hydrogen-bond acceptors (Lipinski definition) is 3. The van der Waals surface area contributed by atoms with Gasteiger partial charge in [-0.15, -0.1) is 0 Å². The molecule has 0 bridgehead atoms. The van der Waals surface area contributed by atoms with Gasteiger partial charge in [0.05, 0.1) is 5.92 Å². The maximum atomic E-state index is 12.4. The molecule has 2 N–H and O–H groups in total. The predicted octanol–water partition coefficient (Wildman–Crippen LogP) is 2.53. The molecular formula is C17H15NO4. The summed E-state index contributed by atoms with van der Waals surface area (Å²) in [6, 6.07) is 13.6. The fraction of sp³-hybridized carbons (Fsp3) is 0.176. The van der Waals surface area contributed by atoms with E-state index in [0.717, 1.165) is 0 Å². The molecule has 0 aliphatic carbocycles. The van der Waals surface area contributed by atoms with Gasteiger partial charge >= 0.3 is 5.97 Å². The minimum atomic E-state index is -1.02. The number of fused-ring (bicyclic) bond motifs is 1. The van der Waals surface area contributed by atoms with E-state index in [1.54, 1.807) is 55.5 Å². The van der Waals surface area contributed by atoms with Crippen molar-refractivity contribution in [3.05, 3.63) is 65.2 Å². The van der Waals surface area contributed by atoms with Crippen LogP contribution in [-0.2, 0) is 4.79 Å². The van der Waals surface area contributed by atoms with Crippen LogP contribution in [0.2, 0.25) is 0 Å². The maximum Gasteiger partial charge on any atom is 0.310 e. The molecule has 0 saturated carbocycles. The number of benzene rings is 2. The lowest BCUT2D eigenvalue weighted by atomic mass is 10.0. The lowest BCUT2D eigenvalue weighted by Gasteiger charge is -2.21. The smallest absolute Gasteiger partial charge is 0.310 e. The molecule has 0 spiro atoms. The van der Waals surface area contributed by atoms with Gasteiger partial charge in [-0.25, -0.2) is 0 Å². The molecule has 1 heterocycles. The summed E-state index contributed by atoms with van der Waals surface area (Å²) in [5.41, 5.74) is 2.25. The average Bonchev–Trinajstić information content (AvgIpc) is 2.79. The molecule has 5 heteroatoms. The van der Waals surface area contributed by atoms with Gasteiger partial charge in [-0.3, -0.25) is 14.5 Å². The molecule has 0 fully saturated rings. The molecule has 5 nitrogen and oxygen atoms in total. The molecule has 2 atom stereocenters. The fourth-order valence-corrected chi connectivity index (χ4v) is 2.62. The van der Waals surface area contributed by atoms with Crippen LogP contribution in [0.4, 0.5) is 5.69 Å². The number of carboxylic acid groups (broad SMARTS) is 1. The fourth-order valence-electron chi connectivity index (χ4n) is 2.62. The minimum Gasteiger partial charge on any atom is -0.481 e. The Morgan fingerprint density at radius 3 is 2.36 bits per heavy atom. The van der Waals surface area contributed by atoms with E-state index in [1.807, 2.05) is 0 Å². The molecule has 112 valence electrons. The van der Waals surface area contributed by atoms with Crippen molar-refractivity contribution in [2.45, 2.75) is 19.1 Å².